The maximum absolute atomic E-state index is 11.6. The van der Waals surface area contributed by atoms with Gasteiger partial charge in [-0.1, -0.05) is 18.2 Å². The van der Waals surface area contributed by atoms with E-state index in [2.05, 4.69) is 5.10 Å². The third kappa shape index (κ3) is 3.42. The van der Waals surface area contributed by atoms with Crippen molar-refractivity contribution < 1.29 is 14.4 Å². The second-order valence-electron chi connectivity index (χ2n) is 6.21. The van der Waals surface area contributed by atoms with Crippen LogP contribution in [0.5, 0.6) is 0 Å². The Balaban J connectivity index is 1.72. The molecular weight excluding hydrogens is 324 g/mol. The first-order chi connectivity index (χ1) is 11.6. The van der Waals surface area contributed by atoms with E-state index < -0.39 is 0 Å². The molecule has 1 fully saturated rings. The summed E-state index contributed by atoms with van der Waals surface area (Å²) in [5.74, 6) is 0.834. The lowest BCUT2D eigenvalue weighted by Gasteiger charge is -2.27. The monoisotopic (exact) mass is 347 g/mol. The van der Waals surface area contributed by atoms with E-state index in [4.69, 9.17) is 17.0 Å². The number of likely N-dealkylation sites (tertiary alicyclic amines) is 1. The van der Waals surface area contributed by atoms with Gasteiger partial charge in [-0.05, 0) is 31.3 Å². The van der Waals surface area contributed by atoms with Crippen LogP contribution in [-0.2, 0) is 16.2 Å². The fraction of sp³-hybridized carbons (Fsp3) is 0.471. The Bertz CT molecular complexity index is 761. The molecule has 1 N–H and O–H groups in total. The van der Waals surface area contributed by atoms with Gasteiger partial charge in [-0.2, -0.15) is 9.78 Å². The highest BCUT2D eigenvalue weighted by atomic mass is 32.1. The van der Waals surface area contributed by atoms with E-state index in [0.29, 0.717) is 4.77 Å². The van der Waals surface area contributed by atoms with Crippen molar-refractivity contribution in [2.45, 2.75) is 26.4 Å². The molecule has 1 saturated heterocycles. The first-order valence-corrected chi connectivity index (χ1v) is 8.64. The van der Waals surface area contributed by atoms with Crippen LogP contribution >= 0.6 is 12.2 Å². The van der Waals surface area contributed by atoms with Gasteiger partial charge in [0.05, 0.1) is 26.1 Å². The van der Waals surface area contributed by atoms with Crippen LogP contribution in [0.15, 0.2) is 30.3 Å². The van der Waals surface area contributed by atoms with Crippen molar-refractivity contribution in [3.05, 3.63) is 40.9 Å². The highest BCUT2D eigenvalue weighted by molar-refractivity contribution is 7.71. The molecule has 0 spiro atoms. The van der Waals surface area contributed by atoms with Crippen LogP contribution in [0.4, 0.5) is 0 Å². The lowest BCUT2D eigenvalue weighted by Crippen LogP contribution is -3.12. The van der Waals surface area contributed by atoms with E-state index in [1.807, 2.05) is 46.5 Å². The standard InChI is InChI=1S/C17H22N4O2S/c1-13-18-20(17(24)21(13)15-6-4-3-5-7-15)12-19-10-8-14(9-11-19)16(22)23-2/h3-7,14H,8-12H2,1-2H3/p+1. The number of aromatic nitrogens is 3. The van der Waals surface area contributed by atoms with E-state index >= 15 is 0 Å². The molecule has 1 aliphatic heterocycles. The van der Waals surface area contributed by atoms with Gasteiger partial charge in [0.2, 0.25) is 4.77 Å². The zero-order valence-electron chi connectivity index (χ0n) is 14.1. The molecule has 0 unspecified atom stereocenters. The van der Waals surface area contributed by atoms with Crippen LogP contribution in [0.1, 0.15) is 18.7 Å². The van der Waals surface area contributed by atoms with Gasteiger partial charge >= 0.3 is 5.97 Å². The Morgan fingerprint density at radius 2 is 2.00 bits per heavy atom. The van der Waals surface area contributed by atoms with E-state index in [9.17, 15) is 4.79 Å². The van der Waals surface area contributed by atoms with E-state index in [1.54, 1.807) is 0 Å². The molecule has 0 atom stereocenters. The summed E-state index contributed by atoms with van der Waals surface area (Å²) >= 11 is 5.62. The van der Waals surface area contributed by atoms with Crippen LogP contribution in [0.2, 0.25) is 0 Å². The van der Waals surface area contributed by atoms with Gasteiger partial charge < -0.3 is 9.64 Å². The topological polar surface area (TPSA) is 53.5 Å². The van der Waals surface area contributed by atoms with Gasteiger partial charge in [-0.3, -0.25) is 9.36 Å². The SMILES string of the molecule is COC(=O)C1CC[NH+](Cn2nc(C)n(-c3ccccc3)c2=S)CC1. The Morgan fingerprint density at radius 1 is 1.33 bits per heavy atom. The van der Waals surface area contributed by atoms with Crippen molar-refractivity contribution in [1.29, 1.82) is 0 Å². The average Bonchev–Trinajstić information content (AvgIpc) is 2.89. The number of nitrogens with one attached hydrogen (secondary N) is 1. The quantitative estimate of drug-likeness (QED) is 0.666. The number of nitrogens with zero attached hydrogens (tertiary/aromatic N) is 3. The lowest BCUT2D eigenvalue weighted by molar-refractivity contribution is -0.929. The number of esters is 1. The predicted octanol–water partition coefficient (Wildman–Crippen LogP) is 1.14. The molecule has 0 bridgehead atoms. The second kappa shape index (κ2) is 7.27. The van der Waals surface area contributed by atoms with Crippen LogP contribution in [-0.4, -0.2) is 40.5 Å². The maximum atomic E-state index is 11.6. The van der Waals surface area contributed by atoms with Crippen molar-refractivity contribution in [3.8, 4) is 5.69 Å². The van der Waals surface area contributed by atoms with Gasteiger partial charge in [-0.25, -0.2) is 0 Å². The molecule has 1 aromatic carbocycles. The first-order valence-electron chi connectivity index (χ1n) is 8.23. The summed E-state index contributed by atoms with van der Waals surface area (Å²) in [5.41, 5.74) is 1.03. The summed E-state index contributed by atoms with van der Waals surface area (Å²) in [7, 11) is 1.46. The molecule has 7 heteroatoms. The van der Waals surface area contributed by atoms with Crippen LogP contribution in [0, 0.1) is 17.6 Å². The summed E-state index contributed by atoms with van der Waals surface area (Å²) in [4.78, 5) is 13.0. The minimum absolute atomic E-state index is 0.0373. The van der Waals surface area contributed by atoms with Crippen molar-refractivity contribution in [2.24, 2.45) is 5.92 Å². The van der Waals surface area contributed by atoms with Crippen molar-refractivity contribution in [2.75, 3.05) is 20.2 Å². The Morgan fingerprint density at radius 3 is 2.62 bits per heavy atom. The second-order valence-corrected chi connectivity index (χ2v) is 6.57. The molecule has 1 aliphatic rings. The summed E-state index contributed by atoms with van der Waals surface area (Å²) in [5, 5.41) is 4.61. The third-order valence-corrected chi connectivity index (χ3v) is 5.01. The molecule has 128 valence electrons. The molecular formula is C17H23N4O2S+. The number of methoxy groups -OCH3 is 1. The number of ether oxygens (including phenoxy) is 1. The molecule has 0 saturated carbocycles. The van der Waals surface area contributed by atoms with E-state index in [0.717, 1.165) is 44.1 Å². The molecule has 2 heterocycles. The maximum Gasteiger partial charge on any atom is 0.309 e. The van der Waals surface area contributed by atoms with Gasteiger partial charge in [-0.15, -0.1) is 0 Å². The lowest BCUT2D eigenvalue weighted by atomic mass is 9.97. The number of quaternary nitrogens is 1. The molecule has 3 rings (SSSR count). The fourth-order valence-electron chi connectivity index (χ4n) is 3.29. The summed E-state index contributed by atoms with van der Waals surface area (Å²) in [6.45, 7) is 4.56. The van der Waals surface area contributed by atoms with Gasteiger partial charge in [0, 0.05) is 18.5 Å². The van der Waals surface area contributed by atoms with Gasteiger partial charge in [0.15, 0.2) is 6.67 Å². The normalized spacial score (nSPS) is 20.8. The number of hydrogen-bond acceptors (Lipinski definition) is 4. The summed E-state index contributed by atoms with van der Waals surface area (Å²) < 4.78 is 9.44. The Kier molecular flexibility index (Phi) is 5.11. The molecule has 6 nitrogen and oxygen atoms in total. The van der Waals surface area contributed by atoms with Gasteiger partial charge in [0.25, 0.3) is 0 Å². The highest BCUT2D eigenvalue weighted by Crippen LogP contribution is 2.12. The molecule has 0 amide bonds. The third-order valence-electron chi connectivity index (χ3n) is 4.62. The zero-order chi connectivity index (χ0) is 17.1. The molecule has 0 radical (unpaired) electrons. The Hall–Kier alpha value is -1.99. The summed E-state index contributed by atoms with van der Waals surface area (Å²) in [6.07, 6.45) is 1.71. The van der Waals surface area contributed by atoms with Gasteiger partial charge in [0.1, 0.15) is 5.82 Å². The smallest absolute Gasteiger partial charge is 0.309 e. The van der Waals surface area contributed by atoms with Crippen LogP contribution in [0.3, 0.4) is 0 Å². The van der Waals surface area contributed by atoms with Crippen molar-refractivity contribution in [1.82, 2.24) is 14.3 Å². The Labute approximate surface area is 146 Å². The molecule has 24 heavy (non-hydrogen) atoms. The number of carbonyl (C=O) groups excluding carboxylic acids is 1. The number of para-hydroxylation sites is 1. The molecule has 1 aromatic heterocycles. The number of hydrogen-bond donors (Lipinski definition) is 1. The number of aryl methyl sites for hydroxylation is 1. The largest absolute Gasteiger partial charge is 0.469 e. The molecule has 0 aliphatic carbocycles. The predicted molar refractivity (Wildman–Crippen MR) is 92.6 cm³/mol. The number of benzene rings is 1. The van der Waals surface area contributed by atoms with Crippen LogP contribution in [0.25, 0.3) is 5.69 Å². The minimum Gasteiger partial charge on any atom is -0.469 e. The fourth-order valence-corrected chi connectivity index (χ4v) is 3.63. The average molecular weight is 347 g/mol. The highest BCUT2D eigenvalue weighted by Gasteiger charge is 2.28. The minimum atomic E-state index is -0.0881. The first kappa shape index (κ1) is 16.9. The number of carbonyl (C=O) groups is 1. The summed E-state index contributed by atoms with van der Waals surface area (Å²) in [6, 6.07) is 10.0. The zero-order valence-corrected chi connectivity index (χ0v) is 14.9. The molecule has 2 aromatic rings. The van der Waals surface area contributed by atoms with Crippen molar-refractivity contribution in [3.63, 3.8) is 0 Å². The van der Waals surface area contributed by atoms with E-state index in [1.165, 1.54) is 12.0 Å². The van der Waals surface area contributed by atoms with Crippen LogP contribution < -0.4 is 4.90 Å². The van der Waals surface area contributed by atoms with E-state index in [-0.39, 0.29) is 11.9 Å². The number of rotatable bonds is 4. The number of piperidine rings is 1. The van der Waals surface area contributed by atoms with Crippen molar-refractivity contribution >= 4 is 18.2 Å².